The Morgan fingerprint density at radius 2 is 1.85 bits per heavy atom. The predicted octanol–water partition coefficient (Wildman–Crippen LogP) is 4.09. The van der Waals surface area contributed by atoms with Gasteiger partial charge in [0, 0.05) is 10.5 Å². The highest BCUT2D eigenvalue weighted by Crippen LogP contribution is 2.33. The molecule has 0 amide bonds. The number of carbonyl (C=O) groups is 1. The Hall–Kier alpha value is -3.35. The Balaban J connectivity index is 0.000000596. The molecule has 0 spiro atoms. The number of rotatable bonds is 4. The van der Waals surface area contributed by atoms with Crippen molar-refractivity contribution < 1.29 is 14.1 Å². The number of nitrogens with zero attached hydrogens (tertiary/aromatic N) is 3. The van der Waals surface area contributed by atoms with Crippen molar-refractivity contribution in [3.63, 3.8) is 0 Å². The molecule has 2 aromatic rings. The third kappa shape index (κ3) is 5.57. The van der Waals surface area contributed by atoms with Crippen molar-refractivity contribution in [2.24, 2.45) is 5.10 Å². The summed E-state index contributed by atoms with van der Waals surface area (Å²) < 4.78 is 13.2. The molecule has 3 rings (SSSR count). The van der Waals surface area contributed by atoms with Crippen molar-refractivity contribution in [1.29, 1.82) is 0 Å². The van der Waals surface area contributed by atoms with E-state index >= 15 is 0 Å². The average molecular weight is 369 g/mol. The van der Waals surface area contributed by atoms with Crippen LogP contribution in [0.2, 0.25) is 0 Å². The summed E-state index contributed by atoms with van der Waals surface area (Å²) in [4.78, 5) is 19.3. The van der Waals surface area contributed by atoms with Gasteiger partial charge in [-0.3, -0.25) is 14.9 Å². The molecule has 0 radical (unpaired) electrons. The minimum Gasteiger partial charge on any atom is -0.296 e. The number of aryl methyl sites for hydroxylation is 1. The topological polar surface area (TPSA) is 75.8 Å². The fraction of sp³-hybridized carbons (Fsp3) is 0.200. The number of benzene rings is 2. The summed E-state index contributed by atoms with van der Waals surface area (Å²) in [5.41, 5.74) is 4.33. The second-order valence-electron chi connectivity index (χ2n) is 5.87. The van der Waals surface area contributed by atoms with E-state index in [1.54, 1.807) is 24.1 Å². The van der Waals surface area contributed by atoms with Crippen molar-refractivity contribution in [3.8, 4) is 0 Å². The standard InChI is InChI=1S/C19H17FN2O.CH3NO2/c1-14(13-23)21-22(17-11-9-16(20)10-12-17)19-8-4-6-15-5-2-3-7-18(15)19;1-2(3)4/h2-3,5,7-13H,4,6H2,1H3;1H3/b21-14+;. The van der Waals surface area contributed by atoms with Gasteiger partial charge >= 0.3 is 0 Å². The van der Waals surface area contributed by atoms with E-state index in [0.717, 1.165) is 36.8 Å². The highest BCUT2D eigenvalue weighted by Gasteiger charge is 2.19. The smallest absolute Gasteiger partial charge is 0.194 e. The number of halogens is 1. The molecule has 7 heteroatoms. The lowest BCUT2D eigenvalue weighted by Gasteiger charge is -2.27. The molecule has 0 heterocycles. The molecule has 0 atom stereocenters. The van der Waals surface area contributed by atoms with Crippen LogP contribution in [-0.4, -0.2) is 24.0 Å². The average Bonchev–Trinajstić information content (AvgIpc) is 2.66. The van der Waals surface area contributed by atoms with Gasteiger partial charge in [-0.2, -0.15) is 5.10 Å². The third-order valence-electron chi connectivity index (χ3n) is 3.77. The summed E-state index contributed by atoms with van der Waals surface area (Å²) in [5, 5.41) is 14.9. The lowest BCUT2D eigenvalue weighted by molar-refractivity contribution is -0.445. The zero-order chi connectivity index (χ0) is 19.8. The third-order valence-corrected chi connectivity index (χ3v) is 3.77. The quantitative estimate of drug-likeness (QED) is 0.352. The van der Waals surface area contributed by atoms with E-state index in [4.69, 9.17) is 10.1 Å². The van der Waals surface area contributed by atoms with E-state index in [1.165, 1.54) is 17.7 Å². The zero-order valence-corrected chi connectivity index (χ0v) is 15.1. The predicted molar refractivity (Wildman–Crippen MR) is 104 cm³/mol. The first-order chi connectivity index (χ1) is 12.9. The van der Waals surface area contributed by atoms with Gasteiger partial charge < -0.3 is 0 Å². The summed E-state index contributed by atoms with van der Waals surface area (Å²) in [5.74, 6) is -0.303. The molecule has 27 heavy (non-hydrogen) atoms. The molecule has 0 N–H and O–H groups in total. The van der Waals surface area contributed by atoms with Crippen LogP contribution in [0.4, 0.5) is 10.1 Å². The summed E-state index contributed by atoms with van der Waals surface area (Å²) in [7, 11) is 0.889. The lowest BCUT2D eigenvalue weighted by atomic mass is 9.94. The first-order valence-electron chi connectivity index (χ1n) is 8.35. The van der Waals surface area contributed by atoms with Gasteiger partial charge in [-0.1, -0.05) is 30.3 Å². The Bertz CT molecular complexity index is 872. The number of hydrogen-bond donors (Lipinski definition) is 0. The maximum absolute atomic E-state index is 13.2. The van der Waals surface area contributed by atoms with Crippen LogP contribution in [0.3, 0.4) is 0 Å². The largest absolute Gasteiger partial charge is 0.296 e. The van der Waals surface area contributed by atoms with E-state index in [-0.39, 0.29) is 5.82 Å². The lowest BCUT2D eigenvalue weighted by Crippen LogP contribution is -2.20. The van der Waals surface area contributed by atoms with Crippen LogP contribution in [0.15, 0.2) is 59.7 Å². The Kier molecular flexibility index (Phi) is 6.93. The van der Waals surface area contributed by atoms with Gasteiger partial charge in [0.2, 0.25) is 0 Å². The SMILES string of the molecule is C/C(C=O)=N\N(C1=CCCc2ccccc21)c1ccc(F)cc1.C[N+](=O)[O-]. The van der Waals surface area contributed by atoms with E-state index in [0.29, 0.717) is 12.0 Å². The normalized spacial score (nSPS) is 12.9. The van der Waals surface area contributed by atoms with Gasteiger partial charge in [-0.05, 0) is 49.6 Å². The molecule has 0 fully saturated rings. The second-order valence-corrected chi connectivity index (χ2v) is 5.87. The molecule has 0 saturated heterocycles. The molecule has 0 aliphatic heterocycles. The number of carbonyl (C=O) groups excluding carboxylic acids is 1. The molecule has 0 unspecified atom stereocenters. The van der Waals surface area contributed by atoms with Crippen molar-refractivity contribution in [1.82, 2.24) is 0 Å². The minimum absolute atomic E-state index is 0.303. The van der Waals surface area contributed by atoms with Crippen molar-refractivity contribution in [2.45, 2.75) is 19.8 Å². The fourth-order valence-corrected chi connectivity index (χ4v) is 2.68. The van der Waals surface area contributed by atoms with Crippen LogP contribution in [0.5, 0.6) is 0 Å². The summed E-state index contributed by atoms with van der Waals surface area (Å²) in [6.07, 6.45) is 4.70. The van der Waals surface area contributed by atoms with Gasteiger partial charge in [0.25, 0.3) is 0 Å². The number of fused-ring (bicyclic) bond motifs is 1. The molecule has 1 aliphatic rings. The van der Waals surface area contributed by atoms with Crippen molar-refractivity contribution in [2.75, 3.05) is 12.1 Å². The number of aldehydes is 1. The first kappa shape index (κ1) is 20.0. The van der Waals surface area contributed by atoms with Crippen LogP contribution >= 0.6 is 0 Å². The second kappa shape index (κ2) is 9.38. The molecule has 1 aliphatic carbocycles. The summed E-state index contributed by atoms with van der Waals surface area (Å²) >= 11 is 0. The maximum atomic E-state index is 13.2. The number of allylic oxidation sites excluding steroid dienone is 1. The van der Waals surface area contributed by atoms with E-state index < -0.39 is 4.92 Å². The number of hydrogen-bond acceptors (Lipinski definition) is 5. The van der Waals surface area contributed by atoms with E-state index in [9.17, 15) is 9.18 Å². The molecule has 140 valence electrons. The van der Waals surface area contributed by atoms with Crippen molar-refractivity contribution >= 4 is 23.4 Å². The Labute approximate surface area is 156 Å². The van der Waals surface area contributed by atoms with Gasteiger partial charge in [-0.25, -0.2) is 9.40 Å². The highest BCUT2D eigenvalue weighted by molar-refractivity contribution is 6.27. The number of anilines is 1. The molecular weight excluding hydrogens is 349 g/mol. The number of nitro groups is 1. The van der Waals surface area contributed by atoms with Crippen LogP contribution in [0.1, 0.15) is 24.5 Å². The molecule has 0 aromatic heterocycles. The summed E-state index contributed by atoms with van der Waals surface area (Å²) in [6.45, 7) is 1.65. The maximum Gasteiger partial charge on any atom is 0.194 e. The molecule has 2 aromatic carbocycles. The molecule has 6 nitrogen and oxygen atoms in total. The van der Waals surface area contributed by atoms with Gasteiger partial charge in [0.15, 0.2) is 13.3 Å². The Morgan fingerprint density at radius 3 is 2.48 bits per heavy atom. The van der Waals surface area contributed by atoms with Crippen LogP contribution < -0.4 is 5.01 Å². The molecule has 0 bridgehead atoms. The number of hydrazone groups is 1. The van der Waals surface area contributed by atoms with Gasteiger partial charge in [-0.15, -0.1) is 0 Å². The minimum atomic E-state index is -0.500. The van der Waals surface area contributed by atoms with Gasteiger partial charge in [0.05, 0.1) is 17.1 Å². The first-order valence-corrected chi connectivity index (χ1v) is 8.35. The molecular formula is C20H20FN3O3. The van der Waals surface area contributed by atoms with E-state index in [2.05, 4.69) is 17.2 Å². The van der Waals surface area contributed by atoms with Gasteiger partial charge in [0.1, 0.15) is 5.82 Å². The monoisotopic (exact) mass is 369 g/mol. The summed E-state index contributed by atoms with van der Waals surface area (Å²) in [6, 6.07) is 14.3. The Morgan fingerprint density at radius 1 is 1.22 bits per heavy atom. The highest BCUT2D eigenvalue weighted by atomic mass is 19.1. The van der Waals surface area contributed by atoms with Crippen LogP contribution in [0.25, 0.3) is 5.70 Å². The zero-order valence-electron chi connectivity index (χ0n) is 15.1. The van der Waals surface area contributed by atoms with Crippen molar-refractivity contribution in [3.05, 3.63) is 81.7 Å². The fourth-order valence-electron chi connectivity index (χ4n) is 2.68. The van der Waals surface area contributed by atoms with E-state index in [1.807, 2.05) is 18.2 Å². The molecule has 0 saturated carbocycles. The van der Waals surface area contributed by atoms with Crippen LogP contribution in [0, 0.1) is 15.9 Å². The van der Waals surface area contributed by atoms with Crippen LogP contribution in [-0.2, 0) is 11.2 Å².